The van der Waals surface area contributed by atoms with Crippen molar-refractivity contribution in [3.63, 3.8) is 0 Å². The summed E-state index contributed by atoms with van der Waals surface area (Å²) < 4.78 is 2.16. The zero-order valence-corrected chi connectivity index (χ0v) is 16.2. The summed E-state index contributed by atoms with van der Waals surface area (Å²) in [7, 11) is 0. The predicted octanol–water partition coefficient (Wildman–Crippen LogP) is 2.80. The first-order valence-corrected chi connectivity index (χ1v) is 10.1. The summed E-state index contributed by atoms with van der Waals surface area (Å²) in [6.45, 7) is 2.96. The van der Waals surface area contributed by atoms with Gasteiger partial charge in [0.25, 0.3) is 5.56 Å². The van der Waals surface area contributed by atoms with Gasteiger partial charge in [0.05, 0.1) is 0 Å². The second-order valence-corrected chi connectivity index (χ2v) is 8.05. The van der Waals surface area contributed by atoms with Gasteiger partial charge in [-0.1, -0.05) is 18.2 Å². The van der Waals surface area contributed by atoms with Crippen LogP contribution in [0.3, 0.4) is 0 Å². The summed E-state index contributed by atoms with van der Waals surface area (Å²) in [6.07, 6.45) is 1.62. The van der Waals surface area contributed by atoms with Crippen LogP contribution in [-0.2, 0) is 17.9 Å². The molecule has 0 spiro atoms. The Morgan fingerprint density at radius 2 is 1.92 bits per heavy atom. The molecule has 1 aromatic carbocycles. The third-order valence-corrected chi connectivity index (χ3v) is 5.46. The van der Waals surface area contributed by atoms with Crippen LogP contribution in [0, 0.1) is 0 Å². The minimum Gasteiger partial charge on any atom is -0.324 e. The van der Waals surface area contributed by atoms with Crippen LogP contribution in [0.15, 0.2) is 51.9 Å². The molecule has 1 fully saturated rings. The van der Waals surface area contributed by atoms with Crippen molar-refractivity contribution in [3.05, 3.63) is 63.0 Å². The molecule has 3 rings (SSSR count). The standard InChI is InChI=1S/C18H20BrN3O2S/c19-15-5-6-18(24)22(12-15)13-17(23)20-16-4-2-1-3-14(16)11-21-7-9-25-10-8-21/h1-6,12H,7-11,13H2,(H,20,23). The highest BCUT2D eigenvalue weighted by Crippen LogP contribution is 2.19. The molecule has 132 valence electrons. The number of thioether (sulfide) groups is 1. The van der Waals surface area contributed by atoms with Crippen LogP contribution < -0.4 is 10.9 Å². The lowest BCUT2D eigenvalue weighted by Gasteiger charge is -2.27. The number of anilines is 1. The molecule has 1 aliphatic rings. The van der Waals surface area contributed by atoms with Crippen molar-refractivity contribution in [1.82, 2.24) is 9.47 Å². The minimum atomic E-state index is -0.207. The first-order valence-electron chi connectivity index (χ1n) is 8.16. The lowest BCUT2D eigenvalue weighted by Crippen LogP contribution is -2.32. The van der Waals surface area contributed by atoms with E-state index in [-0.39, 0.29) is 18.0 Å². The Balaban J connectivity index is 1.68. The fourth-order valence-electron chi connectivity index (χ4n) is 2.75. The number of nitrogens with zero attached hydrogens (tertiary/aromatic N) is 2. The molecule has 0 unspecified atom stereocenters. The van der Waals surface area contributed by atoms with Gasteiger partial charge in [-0.05, 0) is 33.6 Å². The summed E-state index contributed by atoms with van der Waals surface area (Å²) in [5.41, 5.74) is 1.72. The molecule has 25 heavy (non-hydrogen) atoms. The number of halogens is 1. The maximum Gasteiger partial charge on any atom is 0.251 e. The predicted molar refractivity (Wildman–Crippen MR) is 106 cm³/mol. The van der Waals surface area contributed by atoms with Gasteiger partial charge in [0.15, 0.2) is 0 Å². The molecule has 0 radical (unpaired) electrons. The van der Waals surface area contributed by atoms with E-state index in [4.69, 9.17) is 0 Å². The smallest absolute Gasteiger partial charge is 0.251 e. The summed E-state index contributed by atoms with van der Waals surface area (Å²) in [5.74, 6) is 2.10. The van der Waals surface area contributed by atoms with Gasteiger partial charge < -0.3 is 9.88 Å². The molecule has 0 saturated carbocycles. The zero-order chi connectivity index (χ0) is 17.6. The minimum absolute atomic E-state index is 0.00698. The number of pyridine rings is 1. The van der Waals surface area contributed by atoms with Gasteiger partial charge >= 0.3 is 0 Å². The van der Waals surface area contributed by atoms with Crippen LogP contribution in [0.5, 0.6) is 0 Å². The van der Waals surface area contributed by atoms with Crippen molar-refractivity contribution in [2.24, 2.45) is 0 Å². The van der Waals surface area contributed by atoms with Crippen molar-refractivity contribution in [2.45, 2.75) is 13.1 Å². The van der Waals surface area contributed by atoms with E-state index in [9.17, 15) is 9.59 Å². The number of aromatic nitrogens is 1. The molecule has 5 nitrogen and oxygen atoms in total. The average molecular weight is 422 g/mol. The molecule has 0 bridgehead atoms. The molecular weight excluding hydrogens is 402 g/mol. The van der Waals surface area contributed by atoms with Gasteiger partial charge in [-0.15, -0.1) is 0 Å². The number of hydrogen-bond acceptors (Lipinski definition) is 4. The van der Waals surface area contributed by atoms with E-state index in [2.05, 4.69) is 26.1 Å². The molecule has 2 heterocycles. The summed E-state index contributed by atoms with van der Waals surface area (Å²) in [6, 6.07) is 11.0. The number of hydrogen-bond donors (Lipinski definition) is 1. The highest BCUT2D eigenvalue weighted by atomic mass is 79.9. The van der Waals surface area contributed by atoms with Crippen LogP contribution in [0.25, 0.3) is 0 Å². The third kappa shape index (κ3) is 5.20. The maximum atomic E-state index is 12.4. The monoisotopic (exact) mass is 421 g/mol. The van der Waals surface area contributed by atoms with Gasteiger partial charge in [0.2, 0.25) is 5.91 Å². The van der Waals surface area contributed by atoms with E-state index in [1.807, 2.05) is 36.0 Å². The second-order valence-electron chi connectivity index (χ2n) is 5.91. The summed E-state index contributed by atoms with van der Waals surface area (Å²) in [4.78, 5) is 26.6. The first kappa shape index (κ1) is 18.2. The largest absolute Gasteiger partial charge is 0.324 e. The first-order chi connectivity index (χ1) is 12.1. The second kappa shape index (κ2) is 8.69. The topological polar surface area (TPSA) is 54.3 Å². The number of amides is 1. The van der Waals surface area contributed by atoms with Gasteiger partial charge in [-0.3, -0.25) is 14.5 Å². The zero-order valence-electron chi connectivity index (χ0n) is 13.8. The molecule has 0 aliphatic carbocycles. The number of nitrogens with one attached hydrogen (secondary N) is 1. The molecule has 1 aliphatic heterocycles. The Hall–Kier alpha value is -1.57. The SMILES string of the molecule is O=C(Cn1cc(Br)ccc1=O)Nc1ccccc1CN1CCSCC1. The molecule has 1 N–H and O–H groups in total. The Morgan fingerprint density at radius 1 is 1.16 bits per heavy atom. The average Bonchev–Trinajstić information content (AvgIpc) is 2.61. The Labute approximate surface area is 159 Å². The van der Waals surface area contributed by atoms with E-state index in [1.165, 1.54) is 10.6 Å². The van der Waals surface area contributed by atoms with Crippen LogP contribution >= 0.6 is 27.7 Å². The molecule has 7 heteroatoms. The highest BCUT2D eigenvalue weighted by Gasteiger charge is 2.14. The number of carbonyl (C=O) groups excluding carboxylic acids is 1. The Bertz CT molecular complexity index is 803. The quantitative estimate of drug-likeness (QED) is 0.806. The summed E-state index contributed by atoms with van der Waals surface area (Å²) in [5, 5.41) is 2.95. The number of rotatable bonds is 5. The van der Waals surface area contributed by atoms with E-state index < -0.39 is 0 Å². The van der Waals surface area contributed by atoms with Crippen molar-refractivity contribution < 1.29 is 4.79 Å². The van der Waals surface area contributed by atoms with E-state index in [0.717, 1.165) is 46.9 Å². The van der Waals surface area contributed by atoms with E-state index >= 15 is 0 Å². The fourth-order valence-corrected chi connectivity index (χ4v) is 4.11. The van der Waals surface area contributed by atoms with Crippen LogP contribution in [0.4, 0.5) is 5.69 Å². The molecule has 2 aromatic rings. The molecular formula is C18H20BrN3O2S. The third-order valence-electron chi connectivity index (χ3n) is 4.05. The van der Waals surface area contributed by atoms with Crippen LogP contribution in [0.1, 0.15) is 5.56 Å². The molecule has 0 atom stereocenters. The fraction of sp³-hybridized carbons (Fsp3) is 0.333. The van der Waals surface area contributed by atoms with Crippen LogP contribution in [-0.4, -0.2) is 40.0 Å². The lowest BCUT2D eigenvalue weighted by molar-refractivity contribution is -0.116. The number of benzene rings is 1. The maximum absolute atomic E-state index is 12.4. The van der Waals surface area contributed by atoms with Gasteiger partial charge in [0.1, 0.15) is 6.54 Å². The lowest BCUT2D eigenvalue weighted by atomic mass is 10.1. The van der Waals surface area contributed by atoms with Gasteiger partial charge in [-0.2, -0.15) is 11.8 Å². The molecule has 1 saturated heterocycles. The molecule has 1 aromatic heterocycles. The molecule has 1 amide bonds. The Kier molecular flexibility index (Phi) is 6.34. The van der Waals surface area contributed by atoms with Crippen molar-refractivity contribution in [3.8, 4) is 0 Å². The normalized spacial score (nSPS) is 15.1. The van der Waals surface area contributed by atoms with Crippen LogP contribution in [0.2, 0.25) is 0 Å². The van der Waals surface area contributed by atoms with Gasteiger partial charge in [0, 0.05) is 53.6 Å². The van der Waals surface area contributed by atoms with Crippen molar-refractivity contribution in [2.75, 3.05) is 29.9 Å². The number of carbonyl (C=O) groups is 1. The van der Waals surface area contributed by atoms with Crippen molar-refractivity contribution >= 4 is 39.3 Å². The van der Waals surface area contributed by atoms with Gasteiger partial charge in [-0.25, -0.2) is 0 Å². The summed E-state index contributed by atoms with van der Waals surface area (Å²) >= 11 is 5.30. The van der Waals surface area contributed by atoms with E-state index in [0.29, 0.717) is 0 Å². The Morgan fingerprint density at radius 3 is 2.72 bits per heavy atom. The highest BCUT2D eigenvalue weighted by molar-refractivity contribution is 9.10. The van der Waals surface area contributed by atoms with Crippen molar-refractivity contribution in [1.29, 1.82) is 0 Å². The number of para-hydroxylation sites is 1. The van der Waals surface area contributed by atoms with E-state index in [1.54, 1.807) is 12.3 Å².